The molecule has 0 N–H and O–H groups in total. The maximum atomic E-state index is 11.8. The molecule has 6 heteroatoms. The van der Waals surface area contributed by atoms with E-state index in [0.29, 0.717) is 5.65 Å². The van der Waals surface area contributed by atoms with Gasteiger partial charge in [-0.3, -0.25) is 19.3 Å². The summed E-state index contributed by atoms with van der Waals surface area (Å²) < 4.78 is 1.19. The number of aromatic nitrogens is 2. The van der Waals surface area contributed by atoms with Crippen LogP contribution < -0.4 is 5.56 Å². The van der Waals surface area contributed by atoms with Crippen LogP contribution in [0, 0.1) is 24.0 Å². The molecule has 0 amide bonds. The van der Waals surface area contributed by atoms with Gasteiger partial charge >= 0.3 is 11.2 Å². The van der Waals surface area contributed by atoms with E-state index in [1.54, 1.807) is 19.1 Å². The number of pyridine rings is 1. The number of hydrogen-bond donors (Lipinski definition) is 0. The Morgan fingerprint density at radius 3 is 2.69 bits per heavy atom. The molecule has 0 aliphatic heterocycles. The zero-order chi connectivity index (χ0) is 11.9. The lowest BCUT2D eigenvalue weighted by Gasteiger charge is -2.02. The van der Waals surface area contributed by atoms with Gasteiger partial charge in [0.1, 0.15) is 11.3 Å². The lowest BCUT2D eigenvalue weighted by Crippen LogP contribution is -2.20. The van der Waals surface area contributed by atoms with Gasteiger partial charge in [0.25, 0.3) is 0 Å². The first-order chi connectivity index (χ1) is 7.50. The predicted octanol–water partition coefficient (Wildman–Crippen LogP) is 1.22. The highest BCUT2D eigenvalue weighted by molar-refractivity contribution is 5.45. The Bertz CT molecular complexity index is 646. The van der Waals surface area contributed by atoms with E-state index >= 15 is 0 Å². The Morgan fingerprint density at radius 2 is 2.06 bits per heavy atom. The van der Waals surface area contributed by atoms with Crippen LogP contribution in [0.1, 0.15) is 11.3 Å². The van der Waals surface area contributed by atoms with Gasteiger partial charge in [0.15, 0.2) is 0 Å². The molecule has 16 heavy (non-hydrogen) atoms. The summed E-state index contributed by atoms with van der Waals surface area (Å²) in [6.45, 7) is 3.26. The van der Waals surface area contributed by atoms with Crippen molar-refractivity contribution in [1.82, 2.24) is 9.38 Å². The molecular weight excluding hydrogens is 210 g/mol. The number of rotatable bonds is 1. The van der Waals surface area contributed by atoms with Gasteiger partial charge < -0.3 is 0 Å². The summed E-state index contributed by atoms with van der Waals surface area (Å²) >= 11 is 0. The fourth-order valence-corrected chi connectivity index (χ4v) is 1.56. The third-order valence-corrected chi connectivity index (χ3v) is 2.30. The van der Waals surface area contributed by atoms with Crippen molar-refractivity contribution in [2.45, 2.75) is 13.8 Å². The minimum atomic E-state index is -0.695. The molecule has 2 aromatic heterocycles. The van der Waals surface area contributed by atoms with E-state index < -0.39 is 16.2 Å². The quantitative estimate of drug-likeness (QED) is 0.533. The molecule has 2 heterocycles. The van der Waals surface area contributed by atoms with Crippen LogP contribution in [0.5, 0.6) is 0 Å². The molecule has 0 unspecified atom stereocenters. The van der Waals surface area contributed by atoms with E-state index in [9.17, 15) is 14.9 Å². The second kappa shape index (κ2) is 3.41. The van der Waals surface area contributed by atoms with Gasteiger partial charge in [0.2, 0.25) is 0 Å². The van der Waals surface area contributed by atoms with Crippen molar-refractivity contribution in [2.24, 2.45) is 0 Å². The lowest BCUT2D eigenvalue weighted by atomic mass is 10.3. The van der Waals surface area contributed by atoms with Crippen molar-refractivity contribution in [2.75, 3.05) is 0 Å². The molecular formula is C10H9N3O3. The smallest absolute Gasteiger partial charge is 0.262 e. The van der Waals surface area contributed by atoms with Crippen LogP contribution in [0.3, 0.4) is 0 Å². The summed E-state index contributed by atoms with van der Waals surface area (Å²) in [6.07, 6.45) is 1.54. The molecule has 0 atom stereocenters. The van der Waals surface area contributed by atoms with Gasteiger partial charge in [0.05, 0.1) is 4.92 Å². The number of nitro groups is 1. The molecule has 0 saturated heterocycles. The van der Waals surface area contributed by atoms with Gasteiger partial charge in [-0.1, -0.05) is 6.07 Å². The lowest BCUT2D eigenvalue weighted by molar-refractivity contribution is -0.387. The monoisotopic (exact) mass is 219 g/mol. The third-order valence-electron chi connectivity index (χ3n) is 2.30. The van der Waals surface area contributed by atoms with Crippen LogP contribution in [0.4, 0.5) is 5.69 Å². The molecule has 0 aromatic carbocycles. The zero-order valence-corrected chi connectivity index (χ0v) is 8.80. The van der Waals surface area contributed by atoms with Gasteiger partial charge in [-0.15, -0.1) is 0 Å². The van der Waals surface area contributed by atoms with Crippen LogP contribution in [0.2, 0.25) is 0 Å². The average molecular weight is 219 g/mol. The van der Waals surface area contributed by atoms with Gasteiger partial charge in [-0.05, 0) is 25.5 Å². The maximum Gasteiger partial charge on any atom is 0.355 e. The van der Waals surface area contributed by atoms with E-state index in [2.05, 4.69) is 4.98 Å². The number of hydrogen-bond acceptors (Lipinski definition) is 4. The molecule has 0 saturated carbocycles. The largest absolute Gasteiger partial charge is 0.355 e. The fraction of sp³-hybridized carbons (Fsp3) is 0.200. The van der Waals surface area contributed by atoms with Crippen molar-refractivity contribution in [3.05, 3.63) is 50.1 Å². The number of aryl methyl sites for hydroxylation is 2. The second-order valence-corrected chi connectivity index (χ2v) is 3.54. The standard InChI is InChI=1S/C10H9N3O3/c1-6-3-4-8-11-7(2)9(13(15)16)10(14)12(8)5-6/h3-5H,1-2H3. The molecule has 82 valence electrons. The second-order valence-electron chi connectivity index (χ2n) is 3.54. The Morgan fingerprint density at radius 1 is 1.38 bits per heavy atom. The first-order valence-corrected chi connectivity index (χ1v) is 4.64. The first-order valence-electron chi connectivity index (χ1n) is 4.64. The molecule has 0 bridgehead atoms. The summed E-state index contributed by atoms with van der Waals surface area (Å²) in [5.41, 5.74) is 0.284. The molecule has 0 aliphatic rings. The van der Waals surface area contributed by atoms with Gasteiger partial charge in [-0.25, -0.2) is 4.98 Å². The van der Waals surface area contributed by atoms with E-state index in [-0.39, 0.29) is 5.69 Å². The fourth-order valence-electron chi connectivity index (χ4n) is 1.56. The molecule has 2 aromatic rings. The van der Waals surface area contributed by atoms with Crippen molar-refractivity contribution >= 4 is 11.3 Å². The summed E-state index contributed by atoms with van der Waals surface area (Å²) in [5.74, 6) is 0. The molecule has 0 fully saturated rings. The number of fused-ring (bicyclic) bond motifs is 1. The molecule has 0 radical (unpaired) electrons. The first kappa shape index (κ1) is 10.3. The van der Waals surface area contributed by atoms with Crippen molar-refractivity contribution < 1.29 is 4.92 Å². The molecule has 0 aliphatic carbocycles. The normalized spacial score (nSPS) is 10.6. The van der Waals surface area contributed by atoms with Gasteiger partial charge in [-0.2, -0.15) is 0 Å². The van der Waals surface area contributed by atoms with Crippen LogP contribution in [0.15, 0.2) is 23.1 Å². The molecule has 2 rings (SSSR count). The van der Waals surface area contributed by atoms with E-state index in [0.717, 1.165) is 5.56 Å². The van der Waals surface area contributed by atoms with E-state index in [1.165, 1.54) is 17.5 Å². The van der Waals surface area contributed by atoms with Crippen LogP contribution >= 0.6 is 0 Å². The highest BCUT2D eigenvalue weighted by Gasteiger charge is 2.19. The van der Waals surface area contributed by atoms with Gasteiger partial charge in [0, 0.05) is 6.20 Å². The topological polar surface area (TPSA) is 77.5 Å². The summed E-state index contributed by atoms with van der Waals surface area (Å²) in [4.78, 5) is 25.9. The Hall–Kier alpha value is -2.24. The molecule has 6 nitrogen and oxygen atoms in total. The van der Waals surface area contributed by atoms with E-state index in [1.807, 2.05) is 0 Å². The minimum absolute atomic E-state index is 0.138. The highest BCUT2D eigenvalue weighted by atomic mass is 16.6. The van der Waals surface area contributed by atoms with Crippen LogP contribution in [-0.2, 0) is 0 Å². The Labute approximate surface area is 90.3 Å². The van der Waals surface area contributed by atoms with Crippen LogP contribution in [0.25, 0.3) is 5.65 Å². The summed E-state index contributed by atoms with van der Waals surface area (Å²) in [5, 5.41) is 10.7. The number of nitrogens with zero attached hydrogens (tertiary/aromatic N) is 3. The Balaban J connectivity index is 2.96. The van der Waals surface area contributed by atoms with Crippen molar-refractivity contribution in [1.29, 1.82) is 0 Å². The summed E-state index contributed by atoms with van der Waals surface area (Å²) in [6, 6.07) is 3.46. The average Bonchev–Trinajstić information content (AvgIpc) is 2.19. The molecule has 0 spiro atoms. The predicted molar refractivity (Wildman–Crippen MR) is 57.6 cm³/mol. The zero-order valence-electron chi connectivity index (χ0n) is 8.80. The maximum absolute atomic E-state index is 11.8. The SMILES string of the molecule is Cc1ccc2nc(C)c([N+](=O)[O-])c(=O)n2c1. The van der Waals surface area contributed by atoms with Crippen LogP contribution in [-0.4, -0.2) is 14.3 Å². The highest BCUT2D eigenvalue weighted by Crippen LogP contribution is 2.11. The van der Waals surface area contributed by atoms with Crippen molar-refractivity contribution in [3.63, 3.8) is 0 Å². The summed E-state index contributed by atoms with van der Waals surface area (Å²) in [7, 11) is 0. The van der Waals surface area contributed by atoms with E-state index in [4.69, 9.17) is 0 Å². The minimum Gasteiger partial charge on any atom is -0.262 e. The Kier molecular flexibility index (Phi) is 2.19. The third kappa shape index (κ3) is 1.44. The van der Waals surface area contributed by atoms with Crippen molar-refractivity contribution in [3.8, 4) is 0 Å².